The first-order chi connectivity index (χ1) is 14.1. The van der Waals surface area contributed by atoms with Crippen LogP contribution in [0.15, 0.2) is 36.4 Å². The third-order valence-electron chi connectivity index (χ3n) is 3.53. The van der Waals surface area contributed by atoms with Crippen LogP contribution < -0.4 is 0 Å². The van der Waals surface area contributed by atoms with Crippen LogP contribution >= 0.6 is 17.0 Å². The van der Waals surface area contributed by atoms with Gasteiger partial charge in [0.15, 0.2) is 8.32 Å². The Labute approximate surface area is 214 Å². The van der Waals surface area contributed by atoms with Gasteiger partial charge < -0.3 is 24.5 Å². The molecule has 3 rings (SSSR count). The van der Waals surface area contributed by atoms with Crippen LogP contribution in [0.3, 0.4) is 0 Å². The van der Waals surface area contributed by atoms with Crippen LogP contribution in [0.1, 0.15) is 43.9 Å². The molecule has 0 bridgehead atoms. The molecule has 0 unspecified atom stereocenters. The first kappa shape index (κ1) is 34.1. The SMILES string of the molecule is CC(C)(C)[NH-].Cc1[c-]c2c(cc1)-c1ccccc1C2.[CH2-]CCO[Si](C)(C)C.[CH2]=[Zr]([Cl])[Cl].[CH3-]. The molecule has 182 valence electrons. The van der Waals surface area contributed by atoms with Crippen molar-refractivity contribution in [3.63, 3.8) is 0 Å². The van der Waals surface area contributed by atoms with Gasteiger partial charge in [-0.2, -0.15) is 30.2 Å². The van der Waals surface area contributed by atoms with Crippen molar-refractivity contribution in [3.8, 4) is 11.1 Å². The Morgan fingerprint density at radius 3 is 2.06 bits per heavy atom. The Bertz CT molecular complexity index is 804. The maximum absolute atomic E-state index is 6.94. The molecule has 1 aliphatic rings. The maximum Gasteiger partial charge on any atom is -0.358 e. The van der Waals surface area contributed by atoms with E-state index in [1.54, 1.807) is 0 Å². The van der Waals surface area contributed by atoms with Gasteiger partial charge in [0.25, 0.3) is 0 Å². The third-order valence-corrected chi connectivity index (χ3v) is 4.60. The minimum atomic E-state index is -1.85. The van der Waals surface area contributed by atoms with Crippen LogP contribution in [0.4, 0.5) is 0 Å². The Kier molecular flexibility index (Phi) is 17.6. The Balaban J connectivity index is 0. The number of nitrogens with one attached hydrogen (secondary N) is 1. The van der Waals surface area contributed by atoms with Gasteiger partial charge in [-0.25, -0.2) is 0 Å². The van der Waals surface area contributed by atoms with Crippen LogP contribution in [-0.2, 0) is 29.7 Å². The molecule has 0 aromatic heterocycles. The van der Waals surface area contributed by atoms with Gasteiger partial charge in [-0.05, 0) is 26.1 Å². The quantitative estimate of drug-likeness (QED) is 0.227. The van der Waals surface area contributed by atoms with Gasteiger partial charge in [0.1, 0.15) is 0 Å². The average Bonchev–Trinajstić information content (AvgIpc) is 2.95. The van der Waals surface area contributed by atoms with Gasteiger partial charge in [0.05, 0.1) is 0 Å². The second-order valence-corrected chi connectivity index (χ2v) is 22.0. The summed E-state index contributed by atoms with van der Waals surface area (Å²) < 4.78 is 8.82. The van der Waals surface area contributed by atoms with Crippen LogP contribution in [0, 0.1) is 27.3 Å². The average molecular weight is 574 g/mol. The summed E-state index contributed by atoms with van der Waals surface area (Å²) >= 11 is -1.85. The molecule has 1 aliphatic carbocycles. The molecule has 0 radical (unpaired) electrons. The van der Waals surface area contributed by atoms with E-state index in [1.807, 2.05) is 20.8 Å². The van der Waals surface area contributed by atoms with E-state index in [-0.39, 0.29) is 13.0 Å². The van der Waals surface area contributed by atoms with Crippen molar-refractivity contribution in [2.45, 2.75) is 65.7 Å². The van der Waals surface area contributed by atoms with E-state index in [4.69, 9.17) is 27.2 Å². The van der Waals surface area contributed by atoms with Gasteiger partial charge in [-0.1, -0.05) is 63.1 Å². The van der Waals surface area contributed by atoms with Crippen molar-refractivity contribution in [2.24, 2.45) is 0 Å². The summed E-state index contributed by atoms with van der Waals surface area (Å²) in [6, 6.07) is 16.4. The molecular formula is C26H41Cl2NOSiZr-4. The van der Waals surface area contributed by atoms with Crippen molar-refractivity contribution in [2.75, 3.05) is 6.61 Å². The molecule has 6 heteroatoms. The van der Waals surface area contributed by atoms with Gasteiger partial charge in [-0.15, -0.1) is 16.7 Å². The maximum atomic E-state index is 6.94. The normalized spacial score (nSPS) is 11.1. The topological polar surface area (TPSA) is 33.0 Å². The molecule has 0 heterocycles. The predicted molar refractivity (Wildman–Crippen MR) is 147 cm³/mol. The second kappa shape index (κ2) is 16.5. The molecule has 0 amide bonds. The molecule has 0 saturated heterocycles. The molecule has 32 heavy (non-hydrogen) atoms. The van der Waals surface area contributed by atoms with E-state index < -0.39 is 27.2 Å². The standard InChI is InChI=1S/C14H11.C6H15OSi.C4H10N.CH3.CH2.2ClH.Zr/c1-10-6-7-14-12(8-10)9-11-4-2-3-5-13(11)14;1-5-6-7-8(2,3)4;1-4(2,3)5;;;;;/h2-7H,9H2,1H3;1,5-6H2,2-4H3;5H,1-3H3;1H3;1H2;2*1H;/q4*-1;;;;+2/p-2. The first-order valence-corrected chi connectivity index (χ1v) is 21.9. The summed E-state index contributed by atoms with van der Waals surface area (Å²) in [5.41, 5.74) is 13.5. The zero-order valence-corrected chi connectivity index (χ0v) is 26.1. The van der Waals surface area contributed by atoms with Crippen LogP contribution in [0.25, 0.3) is 16.9 Å². The van der Waals surface area contributed by atoms with Crippen molar-refractivity contribution >= 4 is 29.6 Å². The van der Waals surface area contributed by atoms with Gasteiger partial charge in [0.2, 0.25) is 0 Å². The van der Waals surface area contributed by atoms with Crippen molar-refractivity contribution < 1.29 is 23.3 Å². The fourth-order valence-electron chi connectivity index (χ4n) is 2.55. The summed E-state index contributed by atoms with van der Waals surface area (Å²) in [6.45, 7) is 18.7. The van der Waals surface area contributed by atoms with Gasteiger partial charge >= 0.3 is 40.1 Å². The Hall–Kier alpha value is -0.0900. The molecule has 0 fully saturated rings. The fraction of sp³-hybridized carbons (Fsp3) is 0.423. The van der Waals surface area contributed by atoms with Crippen molar-refractivity contribution in [3.05, 3.63) is 79.2 Å². The number of aryl methyl sites for hydroxylation is 1. The molecular weight excluding hydrogens is 533 g/mol. The molecule has 0 atom stereocenters. The minimum Gasteiger partial charge on any atom is -0.358 e. The molecule has 0 spiro atoms. The Morgan fingerprint density at radius 2 is 1.62 bits per heavy atom. The number of rotatable bonds is 3. The summed E-state index contributed by atoms with van der Waals surface area (Å²) in [5.74, 6) is 0. The van der Waals surface area contributed by atoms with Crippen molar-refractivity contribution in [1.29, 1.82) is 0 Å². The Morgan fingerprint density at radius 1 is 1.12 bits per heavy atom. The summed E-state index contributed by atoms with van der Waals surface area (Å²) in [7, 11) is 9.03. The molecule has 0 saturated carbocycles. The summed E-state index contributed by atoms with van der Waals surface area (Å²) in [4.78, 5) is 0. The number of fused-ring (bicyclic) bond motifs is 3. The van der Waals surface area contributed by atoms with E-state index >= 15 is 0 Å². The van der Waals surface area contributed by atoms with E-state index in [9.17, 15) is 0 Å². The molecule has 2 aromatic carbocycles. The minimum absolute atomic E-state index is 0. The number of benzene rings is 2. The molecule has 2 aromatic rings. The van der Waals surface area contributed by atoms with E-state index in [0.717, 1.165) is 19.4 Å². The summed E-state index contributed by atoms with van der Waals surface area (Å²) in [5, 5.41) is 0. The second-order valence-electron chi connectivity index (χ2n) is 9.27. The zero-order valence-electron chi connectivity index (χ0n) is 21.2. The molecule has 2 nitrogen and oxygen atoms in total. The first-order valence-electron chi connectivity index (χ1n) is 10.4. The molecule has 1 N–H and O–H groups in total. The number of halogens is 2. The van der Waals surface area contributed by atoms with Gasteiger partial charge in [0, 0.05) is 6.61 Å². The van der Waals surface area contributed by atoms with E-state index in [2.05, 4.69) is 80.2 Å². The van der Waals surface area contributed by atoms with E-state index in [0.29, 0.717) is 0 Å². The van der Waals surface area contributed by atoms with Crippen LogP contribution in [-0.4, -0.2) is 24.7 Å². The van der Waals surface area contributed by atoms with Gasteiger partial charge in [-0.3, -0.25) is 0 Å². The zero-order chi connectivity index (χ0) is 24.2. The smallest absolute Gasteiger partial charge is 0.358 e. The monoisotopic (exact) mass is 571 g/mol. The fourth-order valence-corrected chi connectivity index (χ4v) is 3.31. The number of hydrogen-bond acceptors (Lipinski definition) is 1. The number of hydrogen-bond donors (Lipinski definition) is 0. The summed E-state index contributed by atoms with van der Waals surface area (Å²) in [6.07, 6.45) is 1.94. The predicted octanol–water partition coefficient (Wildman–Crippen LogP) is 9.06. The third kappa shape index (κ3) is 18.3. The van der Waals surface area contributed by atoms with Crippen LogP contribution in [0.2, 0.25) is 19.6 Å². The van der Waals surface area contributed by atoms with Crippen LogP contribution in [0.5, 0.6) is 0 Å². The largest absolute Gasteiger partial charge is 0.358 e. The van der Waals surface area contributed by atoms with Crippen molar-refractivity contribution in [1.82, 2.24) is 0 Å². The van der Waals surface area contributed by atoms with E-state index in [1.165, 1.54) is 27.8 Å². The molecule has 0 aliphatic heterocycles.